The van der Waals surface area contributed by atoms with Crippen LogP contribution in [0.1, 0.15) is 27.9 Å². The molecule has 152 valence electrons. The van der Waals surface area contributed by atoms with Gasteiger partial charge in [-0.3, -0.25) is 9.59 Å². The zero-order valence-electron chi connectivity index (χ0n) is 16.1. The van der Waals surface area contributed by atoms with Crippen LogP contribution in [0.15, 0.2) is 48.7 Å². The largest absolute Gasteiger partial charge is 0.486 e. The van der Waals surface area contributed by atoms with E-state index in [0.717, 1.165) is 16.0 Å². The van der Waals surface area contributed by atoms with Gasteiger partial charge in [0.1, 0.15) is 11.9 Å². The Balaban J connectivity index is 1.39. The smallest absolute Gasteiger partial charge is 0.244 e. The lowest BCUT2D eigenvalue weighted by Gasteiger charge is -2.11. The van der Waals surface area contributed by atoms with Crippen molar-refractivity contribution in [1.82, 2.24) is 15.5 Å². The van der Waals surface area contributed by atoms with E-state index < -0.39 is 0 Å². The standard InChI is InChI=1S/C22H18ClN3O3S/c1-13(27)19-5-6-20(30-19)14-9-15-10-17(29-22(15)18(23)11-14)12-24-21(28)7-4-16-3-2-8-25-26-16/h2-9,11,17H,10,12H2,1H3,(H,24,28)/t17-/m0/s1. The number of rotatable bonds is 6. The lowest BCUT2D eigenvalue weighted by Crippen LogP contribution is -2.33. The van der Waals surface area contributed by atoms with Crippen LogP contribution < -0.4 is 10.1 Å². The molecule has 2 aromatic heterocycles. The highest BCUT2D eigenvalue weighted by Crippen LogP contribution is 2.41. The third kappa shape index (κ3) is 4.58. The number of hydrogen-bond donors (Lipinski definition) is 1. The van der Waals surface area contributed by atoms with Crippen LogP contribution in [0.4, 0.5) is 0 Å². The molecule has 1 N–H and O–H groups in total. The highest BCUT2D eigenvalue weighted by molar-refractivity contribution is 7.17. The zero-order valence-corrected chi connectivity index (χ0v) is 17.7. The fraction of sp³-hybridized carbons (Fsp3) is 0.182. The van der Waals surface area contributed by atoms with E-state index in [1.54, 1.807) is 31.3 Å². The van der Waals surface area contributed by atoms with E-state index in [-0.39, 0.29) is 17.8 Å². The molecule has 0 fully saturated rings. The molecular formula is C22H18ClN3O3S. The van der Waals surface area contributed by atoms with Crippen LogP contribution in [0.25, 0.3) is 16.5 Å². The summed E-state index contributed by atoms with van der Waals surface area (Å²) < 4.78 is 5.94. The van der Waals surface area contributed by atoms with Crippen molar-refractivity contribution < 1.29 is 14.3 Å². The summed E-state index contributed by atoms with van der Waals surface area (Å²) in [5.74, 6) is 0.464. The van der Waals surface area contributed by atoms with Crippen molar-refractivity contribution in [3.8, 4) is 16.2 Å². The first-order chi connectivity index (χ1) is 14.5. The van der Waals surface area contributed by atoms with E-state index in [1.165, 1.54) is 17.4 Å². The SMILES string of the molecule is CC(=O)c1ccc(-c2cc(Cl)c3c(c2)C[C@@H](CNC(=O)C=Cc2cccnn2)O3)s1. The number of carbonyl (C=O) groups is 2. The fourth-order valence-electron chi connectivity index (χ4n) is 3.16. The average molecular weight is 440 g/mol. The van der Waals surface area contributed by atoms with Crippen LogP contribution in [-0.2, 0) is 11.2 Å². The number of aromatic nitrogens is 2. The maximum Gasteiger partial charge on any atom is 0.244 e. The van der Waals surface area contributed by atoms with Gasteiger partial charge in [0.25, 0.3) is 0 Å². The van der Waals surface area contributed by atoms with E-state index in [9.17, 15) is 9.59 Å². The molecule has 0 saturated heterocycles. The summed E-state index contributed by atoms with van der Waals surface area (Å²) in [6, 6.07) is 11.2. The summed E-state index contributed by atoms with van der Waals surface area (Å²) in [6.45, 7) is 1.91. The Morgan fingerprint density at radius 3 is 2.93 bits per heavy atom. The summed E-state index contributed by atoms with van der Waals surface area (Å²) >= 11 is 7.88. The molecule has 0 aliphatic carbocycles. The lowest BCUT2D eigenvalue weighted by atomic mass is 10.1. The van der Waals surface area contributed by atoms with E-state index in [4.69, 9.17) is 16.3 Å². The van der Waals surface area contributed by atoms with Gasteiger partial charge in [-0.05, 0) is 55.0 Å². The van der Waals surface area contributed by atoms with Gasteiger partial charge in [-0.1, -0.05) is 11.6 Å². The van der Waals surface area contributed by atoms with Crippen LogP contribution >= 0.6 is 22.9 Å². The van der Waals surface area contributed by atoms with Crippen molar-refractivity contribution in [2.24, 2.45) is 0 Å². The zero-order chi connectivity index (χ0) is 21.1. The Labute approximate surface area is 182 Å². The summed E-state index contributed by atoms with van der Waals surface area (Å²) in [5, 5.41) is 11.0. The average Bonchev–Trinajstić information content (AvgIpc) is 3.39. The van der Waals surface area contributed by atoms with Gasteiger partial charge in [-0.25, -0.2) is 0 Å². The van der Waals surface area contributed by atoms with Gasteiger partial charge in [0.15, 0.2) is 5.78 Å². The van der Waals surface area contributed by atoms with Gasteiger partial charge in [0.05, 0.1) is 22.1 Å². The Morgan fingerprint density at radius 1 is 1.33 bits per heavy atom. The Bertz CT molecular complexity index is 1130. The quantitative estimate of drug-likeness (QED) is 0.460. The second-order valence-corrected chi connectivity index (χ2v) is 8.33. The molecule has 3 aromatic rings. The number of hydrogen-bond acceptors (Lipinski definition) is 6. The van der Waals surface area contributed by atoms with Crippen molar-refractivity contribution in [2.75, 3.05) is 6.54 Å². The number of amides is 1. The first-order valence-electron chi connectivity index (χ1n) is 9.33. The molecule has 1 atom stereocenters. The molecule has 0 bridgehead atoms. The molecule has 30 heavy (non-hydrogen) atoms. The van der Waals surface area contributed by atoms with Crippen molar-refractivity contribution in [3.05, 3.63) is 69.8 Å². The Kier molecular flexibility index (Phi) is 5.92. The minimum atomic E-state index is -0.234. The van der Waals surface area contributed by atoms with Gasteiger partial charge in [-0.2, -0.15) is 10.2 Å². The third-order valence-corrected chi connectivity index (χ3v) is 6.11. The Hall–Kier alpha value is -3.03. The molecule has 1 amide bonds. The lowest BCUT2D eigenvalue weighted by molar-refractivity contribution is -0.116. The monoisotopic (exact) mass is 439 g/mol. The van der Waals surface area contributed by atoms with Crippen molar-refractivity contribution in [1.29, 1.82) is 0 Å². The van der Waals surface area contributed by atoms with E-state index in [1.807, 2.05) is 24.3 Å². The van der Waals surface area contributed by atoms with E-state index >= 15 is 0 Å². The number of halogens is 1. The number of carbonyl (C=O) groups excluding carboxylic acids is 2. The van der Waals surface area contributed by atoms with Crippen molar-refractivity contribution in [3.63, 3.8) is 0 Å². The second-order valence-electron chi connectivity index (χ2n) is 6.84. The molecular weight excluding hydrogens is 422 g/mol. The van der Waals surface area contributed by atoms with Gasteiger partial charge in [-0.15, -0.1) is 11.3 Å². The summed E-state index contributed by atoms with van der Waals surface area (Å²) in [7, 11) is 0. The molecule has 0 unspecified atom stereocenters. The predicted molar refractivity (Wildman–Crippen MR) is 117 cm³/mol. The topological polar surface area (TPSA) is 81.2 Å². The number of fused-ring (bicyclic) bond motifs is 1. The first-order valence-corrected chi connectivity index (χ1v) is 10.5. The first kappa shape index (κ1) is 20.3. The summed E-state index contributed by atoms with van der Waals surface area (Å²) in [4.78, 5) is 25.3. The number of thiophene rings is 1. The molecule has 1 aromatic carbocycles. The maximum atomic E-state index is 12.1. The van der Waals surface area contributed by atoms with Gasteiger partial charge >= 0.3 is 0 Å². The van der Waals surface area contributed by atoms with Crippen LogP contribution in [-0.4, -0.2) is 34.5 Å². The maximum absolute atomic E-state index is 12.1. The van der Waals surface area contributed by atoms with Gasteiger partial charge in [0, 0.05) is 29.1 Å². The van der Waals surface area contributed by atoms with Crippen LogP contribution in [0.3, 0.4) is 0 Å². The van der Waals surface area contributed by atoms with Crippen LogP contribution in [0.5, 0.6) is 5.75 Å². The van der Waals surface area contributed by atoms with Gasteiger partial charge in [0.2, 0.25) is 5.91 Å². The molecule has 1 aliphatic heterocycles. The van der Waals surface area contributed by atoms with E-state index in [0.29, 0.717) is 34.3 Å². The minimum Gasteiger partial charge on any atom is -0.486 e. The van der Waals surface area contributed by atoms with Crippen LogP contribution in [0.2, 0.25) is 5.02 Å². The number of Topliss-reactive ketones (excluding diaryl/α,β-unsaturated/α-hetero) is 1. The molecule has 0 saturated carbocycles. The molecule has 3 heterocycles. The van der Waals surface area contributed by atoms with Crippen molar-refractivity contribution >= 4 is 40.7 Å². The molecule has 4 rings (SSSR count). The fourth-order valence-corrected chi connectivity index (χ4v) is 4.33. The molecule has 6 nitrogen and oxygen atoms in total. The van der Waals surface area contributed by atoms with Crippen molar-refractivity contribution in [2.45, 2.75) is 19.4 Å². The van der Waals surface area contributed by atoms with E-state index in [2.05, 4.69) is 15.5 Å². The van der Waals surface area contributed by atoms with Crippen LogP contribution in [0, 0.1) is 0 Å². The number of nitrogens with zero attached hydrogens (tertiary/aromatic N) is 2. The normalized spacial score (nSPS) is 15.1. The predicted octanol–water partition coefficient (Wildman–Crippen LogP) is 4.19. The molecule has 0 radical (unpaired) electrons. The number of nitrogens with one attached hydrogen (secondary N) is 1. The number of ketones is 1. The highest BCUT2D eigenvalue weighted by atomic mass is 35.5. The number of ether oxygens (including phenoxy) is 1. The third-order valence-electron chi connectivity index (χ3n) is 4.59. The van der Waals surface area contributed by atoms with Gasteiger partial charge < -0.3 is 10.1 Å². The summed E-state index contributed by atoms with van der Waals surface area (Å²) in [5.41, 5.74) is 2.55. The number of benzene rings is 1. The minimum absolute atomic E-state index is 0.0472. The molecule has 8 heteroatoms. The second kappa shape index (κ2) is 8.77. The molecule has 1 aliphatic rings. The Morgan fingerprint density at radius 2 is 2.20 bits per heavy atom. The highest BCUT2D eigenvalue weighted by Gasteiger charge is 2.26. The summed E-state index contributed by atoms with van der Waals surface area (Å²) in [6.07, 6.45) is 5.04. The molecule has 0 spiro atoms.